The molecule has 1 aliphatic rings. The van der Waals surface area contributed by atoms with Gasteiger partial charge in [-0.25, -0.2) is 0 Å². The lowest BCUT2D eigenvalue weighted by Gasteiger charge is -2.06. The second-order valence-electron chi connectivity index (χ2n) is 7.53. The first kappa shape index (κ1) is 13.7. The van der Waals surface area contributed by atoms with E-state index in [2.05, 4.69) is 82.8 Å². The van der Waals surface area contributed by atoms with E-state index in [0.717, 1.165) is 6.42 Å². The first-order valence-electron chi connectivity index (χ1n) is 9.44. The number of rotatable bonds is 0. The van der Waals surface area contributed by atoms with Crippen LogP contribution in [-0.4, -0.2) is 9.97 Å². The minimum atomic E-state index is 0.986. The molecule has 7 rings (SSSR count). The van der Waals surface area contributed by atoms with Crippen molar-refractivity contribution in [1.82, 2.24) is 9.97 Å². The summed E-state index contributed by atoms with van der Waals surface area (Å²) in [6, 6.07) is 26.2. The molecule has 2 aromatic heterocycles. The average Bonchev–Trinajstić information content (AvgIpc) is 3.38. The molecule has 6 aromatic rings. The Hall–Kier alpha value is -3.52. The van der Waals surface area contributed by atoms with Crippen molar-refractivity contribution in [2.24, 2.45) is 0 Å². The SMILES string of the molecule is c1ccc2c(c1)Cc1c-2c2[nH]c3ccccc3c2c2c1[nH]c1ccccc12. The molecule has 2 N–H and O–H groups in total. The number of hydrogen-bond donors (Lipinski definition) is 2. The lowest BCUT2D eigenvalue weighted by molar-refractivity contribution is 1.27. The summed E-state index contributed by atoms with van der Waals surface area (Å²) < 4.78 is 0. The third kappa shape index (κ3) is 1.57. The topological polar surface area (TPSA) is 31.6 Å². The number of aromatic nitrogens is 2. The Morgan fingerprint density at radius 3 is 1.96 bits per heavy atom. The molecule has 0 bridgehead atoms. The number of hydrogen-bond acceptors (Lipinski definition) is 0. The van der Waals surface area contributed by atoms with E-state index in [4.69, 9.17) is 0 Å². The van der Waals surface area contributed by atoms with Crippen LogP contribution in [0.25, 0.3) is 54.7 Å². The molecule has 0 atom stereocenters. The second-order valence-corrected chi connectivity index (χ2v) is 7.53. The van der Waals surface area contributed by atoms with Gasteiger partial charge in [0.2, 0.25) is 0 Å². The van der Waals surface area contributed by atoms with Gasteiger partial charge < -0.3 is 9.97 Å². The average molecular weight is 344 g/mol. The Morgan fingerprint density at radius 2 is 1.19 bits per heavy atom. The number of nitrogens with one attached hydrogen (secondary N) is 2. The van der Waals surface area contributed by atoms with Crippen molar-refractivity contribution in [2.45, 2.75) is 6.42 Å². The zero-order valence-electron chi connectivity index (χ0n) is 14.6. The molecule has 0 saturated carbocycles. The van der Waals surface area contributed by atoms with E-state index in [9.17, 15) is 0 Å². The first-order valence-corrected chi connectivity index (χ1v) is 9.44. The Kier molecular flexibility index (Phi) is 2.33. The van der Waals surface area contributed by atoms with Gasteiger partial charge in [0.1, 0.15) is 0 Å². The summed E-state index contributed by atoms with van der Waals surface area (Å²) in [5.41, 5.74) is 10.5. The van der Waals surface area contributed by atoms with Crippen molar-refractivity contribution in [3.05, 3.63) is 83.9 Å². The van der Waals surface area contributed by atoms with Crippen LogP contribution in [0.2, 0.25) is 0 Å². The van der Waals surface area contributed by atoms with E-state index in [0.29, 0.717) is 0 Å². The number of para-hydroxylation sites is 2. The molecule has 1 aliphatic carbocycles. The molecule has 2 heterocycles. The lowest BCUT2D eigenvalue weighted by atomic mass is 9.97. The maximum absolute atomic E-state index is 3.75. The first-order chi connectivity index (χ1) is 13.4. The summed E-state index contributed by atoms with van der Waals surface area (Å²) >= 11 is 0. The number of H-pyrrole nitrogens is 2. The Morgan fingerprint density at radius 1 is 0.593 bits per heavy atom. The summed E-state index contributed by atoms with van der Waals surface area (Å²) in [4.78, 5) is 7.50. The molecule has 126 valence electrons. The fourth-order valence-electron chi connectivity index (χ4n) is 5.08. The van der Waals surface area contributed by atoms with Crippen molar-refractivity contribution < 1.29 is 0 Å². The molecule has 0 unspecified atom stereocenters. The standard InChI is InChI=1S/C25H16N2/c1-2-8-15-14(7-1)13-18-21(15)25-23(17-10-4-6-12-20(17)27-25)22-16-9-3-5-11-19(16)26-24(18)22/h1-12,26-27H,13H2. The maximum Gasteiger partial charge on any atom is 0.0555 e. The molecule has 0 spiro atoms. The van der Waals surface area contributed by atoms with Gasteiger partial charge in [0.05, 0.1) is 11.0 Å². The van der Waals surface area contributed by atoms with E-state index < -0.39 is 0 Å². The smallest absolute Gasteiger partial charge is 0.0555 e. The third-order valence-electron chi connectivity index (χ3n) is 6.17. The summed E-state index contributed by atoms with van der Waals surface area (Å²) in [6.07, 6.45) is 0.986. The van der Waals surface area contributed by atoms with Crippen LogP contribution in [0, 0.1) is 0 Å². The Bertz CT molecular complexity index is 1550. The van der Waals surface area contributed by atoms with Gasteiger partial charge in [-0.2, -0.15) is 0 Å². The van der Waals surface area contributed by atoms with Gasteiger partial charge in [-0.15, -0.1) is 0 Å². The number of fused-ring (bicyclic) bond motifs is 12. The van der Waals surface area contributed by atoms with Gasteiger partial charge in [0.25, 0.3) is 0 Å². The molecule has 0 fully saturated rings. The normalized spacial score (nSPS) is 13.0. The van der Waals surface area contributed by atoms with Gasteiger partial charge >= 0.3 is 0 Å². The van der Waals surface area contributed by atoms with Crippen LogP contribution in [0.15, 0.2) is 72.8 Å². The van der Waals surface area contributed by atoms with Gasteiger partial charge in [0.15, 0.2) is 0 Å². The van der Waals surface area contributed by atoms with Crippen LogP contribution in [0.1, 0.15) is 11.1 Å². The van der Waals surface area contributed by atoms with Crippen LogP contribution in [-0.2, 0) is 6.42 Å². The summed E-state index contributed by atoms with van der Waals surface area (Å²) in [7, 11) is 0. The van der Waals surface area contributed by atoms with Crippen molar-refractivity contribution in [3.63, 3.8) is 0 Å². The highest BCUT2D eigenvalue weighted by Gasteiger charge is 2.27. The molecule has 0 radical (unpaired) electrons. The summed E-state index contributed by atoms with van der Waals surface area (Å²) in [5.74, 6) is 0. The molecule has 2 heteroatoms. The Balaban J connectivity index is 1.85. The minimum absolute atomic E-state index is 0.986. The molecular weight excluding hydrogens is 328 g/mol. The van der Waals surface area contributed by atoms with Gasteiger partial charge in [-0.05, 0) is 28.8 Å². The van der Waals surface area contributed by atoms with E-state index in [1.54, 1.807) is 0 Å². The van der Waals surface area contributed by atoms with Crippen LogP contribution in [0.4, 0.5) is 0 Å². The van der Waals surface area contributed by atoms with Crippen molar-refractivity contribution in [2.75, 3.05) is 0 Å². The van der Waals surface area contributed by atoms with Gasteiger partial charge in [-0.1, -0.05) is 60.7 Å². The molecule has 4 aromatic carbocycles. The summed E-state index contributed by atoms with van der Waals surface area (Å²) in [5, 5.41) is 5.30. The molecule has 2 nitrogen and oxygen atoms in total. The molecule has 0 amide bonds. The molecule has 27 heavy (non-hydrogen) atoms. The maximum atomic E-state index is 3.75. The van der Waals surface area contributed by atoms with E-state index >= 15 is 0 Å². The van der Waals surface area contributed by atoms with Gasteiger partial charge in [-0.3, -0.25) is 0 Å². The quantitative estimate of drug-likeness (QED) is 0.313. The largest absolute Gasteiger partial charge is 0.354 e. The lowest BCUT2D eigenvalue weighted by Crippen LogP contribution is -1.86. The van der Waals surface area contributed by atoms with Crippen LogP contribution in [0.5, 0.6) is 0 Å². The van der Waals surface area contributed by atoms with Crippen molar-refractivity contribution >= 4 is 43.6 Å². The molecule has 0 aliphatic heterocycles. The van der Waals surface area contributed by atoms with Crippen LogP contribution >= 0.6 is 0 Å². The Labute approximate surface area is 155 Å². The van der Waals surface area contributed by atoms with E-state index in [1.807, 2.05) is 0 Å². The third-order valence-corrected chi connectivity index (χ3v) is 6.17. The fraction of sp³-hybridized carbons (Fsp3) is 0.0400. The monoisotopic (exact) mass is 344 g/mol. The van der Waals surface area contributed by atoms with E-state index in [-0.39, 0.29) is 0 Å². The number of aromatic amines is 2. The predicted molar refractivity (Wildman–Crippen MR) is 113 cm³/mol. The van der Waals surface area contributed by atoms with Crippen LogP contribution in [0.3, 0.4) is 0 Å². The van der Waals surface area contributed by atoms with Crippen molar-refractivity contribution in [1.29, 1.82) is 0 Å². The minimum Gasteiger partial charge on any atom is -0.354 e. The number of benzene rings is 4. The van der Waals surface area contributed by atoms with Crippen LogP contribution < -0.4 is 0 Å². The fourth-order valence-corrected chi connectivity index (χ4v) is 5.08. The highest BCUT2D eigenvalue weighted by molar-refractivity contribution is 6.31. The second kappa shape index (κ2) is 4.60. The summed E-state index contributed by atoms with van der Waals surface area (Å²) in [6.45, 7) is 0. The molecular formula is C25H16N2. The zero-order valence-corrected chi connectivity index (χ0v) is 14.6. The van der Waals surface area contributed by atoms with Gasteiger partial charge in [0, 0.05) is 44.6 Å². The van der Waals surface area contributed by atoms with Crippen molar-refractivity contribution in [3.8, 4) is 11.1 Å². The van der Waals surface area contributed by atoms with E-state index in [1.165, 1.54) is 65.9 Å². The highest BCUT2D eigenvalue weighted by Crippen LogP contribution is 2.48. The predicted octanol–water partition coefficient (Wildman–Crippen LogP) is 6.53. The zero-order chi connectivity index (χ0) is 17.5. The highest BCUT2D eigenvalue weighted by atomic mass is 14.7. The molecule has 0 saturated heterocycles.